The van der Waals surface area contributed by atoms with Gasteiger partial charge in [0.15, 0.2) is 0 Å². The van der Waals surface area contributed by atoms with Crippen LogP contribution >= 0.6 is 11.8 Å². The van der Waals surface area contributed by atoms with E-state index in [9.17, 15) is 9.59 Å². The maximum atomic E-state index is 11.9. The van der Waals surface area contributed by atoms with Crippen molar-refractivity contribution in [3.05, 3.63) is 59.7 Å². The molecule has 0 atom stereocenters. The number of carbonyl (C=O) groups is 2. The Kier molecular flexibility index (Phi) is 5.76. The molecule has 1 amide bonds. The number of nitrogens with one attached hydrogen (secondary N) is 1. The van der Waals surface area contributed by atoms with Crippen LogP contribution in [0.2, 0.25) is 0 Å². The number of carbonyl (C=O) groups excluding carboxylic acids is 2. The Morgan fingerprint density at radius 3 is 2.24 bits per heavy atom. The molecule has 0 bridgehead atoms. The van der Waals surface area contributed by atoms with Gasteiger partial charge in [0.1, 0.15) is 12.4 Å². The molecule has 4 nitrogen and oxygen atoms in total. The van der Waals surface area contributed by atoms with Crippen molar-refractivity contribution in [2.75, 3.05) is 24.7 Å². The van der Waals surface area contributed by atoms with Crippen molar-refractivity contribution in [1.82, 2.24) is 5.32 Å². The second-order valence-electron chi connectivity index (χ2n) is 6.01. The van der Waals surface area contributed by atoms with E-state index in [0.29, 0.717) is 24.7 Å². The predicted octanol–water partition coefficient (Wildman–Crippen LogP) is 3.85. The molecular weight excluding hydrogens is 334 g/mol. The molecule has 0 aliphatic heterocycles. The van der Waals surface area contributed by atoms with Gasteiger partial charge in [0.05, 0.1) is 5.75 Å². The summed E-state index contributed by atoms with van der Waals surface area (Å²) >= 11 is 1.51. The fourth-order valence-electron chi connectivity index (χ4n) is 3.09. The zero-order chi connectivity index (χ0) is 17.6. The molecule has 130 valence electrons. The third-order valence-electron chi connectivity index (χ3n) is 4.16. The Labute approximate surface area is 152 Å². The standard InChI is InChI=1S/C20H21NO3S/c1-14(22)13-25-11-10-21-20(23)24-12-19-17-8-4-2-6-15(17)16-7-3-5-9-18(16)19/h2-9,19H,10-13H2,1H3,(H,21,23). The number of hydrogen-bond donors (Lipinski definition) is 1. The van der Waals surface area contributed by atoms with Gasteiger partial charge in [-0.3, -0.25) is 4.79 Å². The molecular formula is C20H21NO3S. The highest BCUT2D eigenvalue weighted by molar-refractivity contribution is 7.99. The van der Waals surface area contributed by atoms with Gasteiger partial charge in [-0.25, -0.2) is 4.79 Å². The Balaban J connectivity index is 1.55. The van der Waals surface area contributed by atoms with Gasteiger partial charge in [0, 0.05) is 18.2 Å². The van der Waals surface area contributed by atoms with Crippen LogP contribution in [0.15, 0.2) is 48.5 Å². The molecule has 0 radical (unpaired) electrons. The van der Waals surface area contributed by atoms with Crippen molar-refractivity contribution in [1.29, 1.82) is 0 Å². The second-order valence-corrected chi connectivity index (χ2v) is 7.11. The zero-order valence-electron chi connectivity index (χ0n) is 14.2. The van der Waals surface area contributed by atoms with Gasteiger partial charge >= 0.3 is 6.09 Å². The highest BCUT2D eigenvalue weighted by Gasteiger charge is 2.28. The molecule has 0 aromatic heterocycles. The summed E-state index contributed by atoms with van der Waals surface area (Å²) in [6.45, 7) is 2.38. The third-order valence-corrected chi connectivity index (χ3v) is 5.27. The first-order chi connectivity index (χ1) is 12.2. The topological polar surface area (TPSA) is 55.4 Å². The van der Waals surface area contributed by atoms with Gasteiger partial charge in [0.2, 0.25) is 0 Å². The van der Waals surface area contributed by atoms with E-state index in [1.807, 2.05) is 24.3 Å². The van der Waals surface area contributed by atoms with Crippen molar-refractivity contribution in [2.24, 2.45) is 0 Å². The summed E-state index contributed by atoms with van der Waals surface area (Å²) in [7, 11) is 0. The van der Waals surface area contributed by atoms with Gasteiger partial charge < -0.3 is 10.1 Å². The van der Waals surface area contributed by atoms with Crippen LogP contribution in [-0.2, 0) is 9.53 Å². The van der Waals surface area contributed by atoms with Gasteiger partial charge in [-0.15, -0.1) is 0 Å². The molecule has 0 spiro atoms. The van der Waals surface area contributed by atoms with E-state index in [1.54, 1.807) is 6.92 Å². The molecule has 25 heavy (non-hydrogen) atoms. The predicted molar refractivity (Wildman–Crippen MR) is 101 cm³/mol. The summed E-state index contributed by atoms with van der Waals surface area (Å²) in [5.41, 5.74) is 4.84. The normalized spacial score (nSPS) is 12.4. The number of alkyl carbamates (subject to hydrolysis) is 1. The van der Waals surface area contributed by atoms with E-state index in [-0.39, 0.29) is 11.7 Å². The average Bonchev–Trinajstić information content (AvgIpc) is 2.93. The van der Waals surface area contributed by atoms with Gasteiger partial charge in [-0.1, -0.05) is 48.5 Å². The number of hydrogen-bond acceptors (Lipinski definition) is 4. The first-order valence-electron chi connectivity index (χ1n) is 8.33. The summed E-state index contributed by atoms with van der Waals surface area (Å²) in [5, 5.41) is 2.73. The third kappa shape index (κ3) is 4.23. The van der Waals surface area contributed by atoms with E-state index in [1.165, 1.54) is 34.0 Å². The zero-order valence-corrected chi connectivity index (χ0v) is 15.0. The van der Waals surface area contributed by atoms with Crippen LogP contribution in [0.1, 0.15) is 24.0 Å². The lowest BCUT2D eigenvalue weighted by Crippen LogP contribution is -2.28. The molecule has 1 N–H and O–H groups in total. The molecule has 3 rings (SSSR count). The fraction of sp³-hybridized carbons (Fsp3) is 0.300. The minimum absolute atomic E-state index is 0.0743. The molecule has 0 heterocycles. The van der Waals surface area contributed by atoms with E-state index < -0.39 is 6.09 Å². The molecule has 2 aromatic carbocycles. The Morgan fingerprint density at radius 2 is 1.64 bits per heavy atom. The summed E-state index contributed by atoms with van der Waals surface area (Å²) < 4.78 is 5.44. The number of benzene rings is 2. The Bertz CT molecular complexity index is 730. The van der Waals surface area contributed by atoms with Gasteiger partial charge in [-0.2, -0.15) is 11.8 Å². The molecule has 5 heteroatoms. The van der Waals surface area contributed by atoms with Crippen LogP contribution in [0.5, 0.6) is 0 Å². The van der Waals surface area contributed by atoms with Gasteiger partial charge in [0.25, 0.3) is 0 Å². The van der Waals surface area contributed by atoms with E-state index in [2.05, 4.69) is 29.6 Å². The van der Waals surface area contributed by atoms with Crippen molar-refractivity contribution in [2.45, 2.75) is 12.8 Å². The first-order valence-corrected chi connectivity index (χ1v) is 9.48. The van der Waals surface area contributed by atoms with Crippen LogP contribution < -0.4 is 5.32 Å². The monoisotopic (exact) mass is 355 g/mol. The molecule has 0 fully saturated rings. The van der Waals surface area contributed by atoms with E-state index in [0.717, 1.165) is 0 Å². The number of ether oxygens (including phenoxy) is 1. The second kappa shape index (κ2) is 8.21. The maximum Gasteiger partial charge on any atom is 0.407 e. The first kappa shape index (κ1) is 17.5. The van der Waals surface area contributed by atoms with Crippen molar-refractivity contribution < 1.29 is 14.3 Å². The SMILES string of the molecule is CC(=O)CSCCNC(=O)OCC1c2ccccc2-c2ccccc21. The molecule has 1 aliphatic rings. The van der Waals surface area contributed by atoms with Crippen LogP contribution in [0.4, 0.5) is 4.79 Å². The van der Waals surface area contributed by atoms with Crippen LogP contribution in [0.25, 0.3) is 11.1 Å². The summed E-state index contributed by atoms with van der Waals surface area (Å²) in [6.07, 6.45) is -0.412. The lowest BCUT2D eigenvalue weighted by molar-refractivity contribution is -0.114. The summed E-state index contributed by atoms with van der Waals surface area (Å²) in [6, 6.07) is 16.5. The lowest BCUT2D eigenvalue weighted by Gasteiger charge is -2.14. The molecule has 2 aromatic rings. The largest absolute Gasteiger partial charge is 0.449 e. The van der Waals surface area contributed by atoms with Crippen molar-refractivity contribution in [3.63, 3.8) is 0 Å². The Hall–Kier alpha value is -2.27. The molecule has 0 unspecified atom stereocenters. The quantitative estimate of drug-likeness (QED) is 0.767. The summed E-state index contributed by atoms with van der Waals surface area (Å²) in [5.74, 6) is 1.40. The van der Waals surface area contributed by atoms with E-state index >= 15 is 0 Å². The fourth-order valence-corrected chi connectivity index (χ4v) is 3.77. The van der Waals surface area contributed by atoms with Crippen molar-refractivity contribution in [3.8, 4) is 11.1 Å². The average molecular weight is 355 g/mol. The number of thioether (sulfide) groups is 1. The number of Topliss-reactive ketones (excluding diaryl/α,β-unsaturated/α-hetero) is 1. The molecule has 0 saturated heterocycles. The van der Waals surface area contributed by atoms with Crippen LogP contribution in [0, 0.1) is 0 Å². The van der Waals surface area contributed by atoms with Crippen LogP contribution in [0.3, 0.4) is 0 Å². The smallest absolute Gasteiger partial charge is 0.407 e. The number of amides is 1. The molecule has 0 saturated carbocycles. The molecule has 1 aliphatic carbocycles. The minimum atomic E-state index is -0.412. The number of ketones is 1. The van der Waals surface area contributed by atoms with Gasteiger partial charge in [-0.05, 0) is 29.2 Å². The highest BCUT2D eigenvalue weighted by atomic mass is 32.2. The number of fused-ring (bicyclic) bond motifs is 3. The Morgan fingerprint density at radius 1 is 1.04 bits per heavy atom. The lowest BCUT2D eigenvalue weighted by atomic mass is 9.98. The highest BCUT2D eigenvalue weighted by Crippen LogP contribution is 2.44. The van der Waals surface area contributed by atoms with Crippen molar-refractivity contribution >= 4 is 23.6 Å². The summed E-state index contributed by atoms with van der Waals surface area (Å²) in [4.78, 5) is 22.8. The number of rotatable bonds is 7. The van der Waals surface area contributed by atoms with E-state index in [4.69, 9.17) is 4.74 Å². The maximum absolute atomic E-state index is 11.9. The minimum Gasteiger partial charge on any atom is -0.449 e. The van der Waals surface area contributed by atoms with Crippen LogP contribution in [-0.4, -0.2) is 36.5 Å².